The molecule has 0 unspecified atom stereocenters. The highest BCUT2D eigenvalue weighted by Gasteiger charge is 2.26. The lowest BCUT2D eigenvalue weighted by molar-refractivity contribution is -0.133. The number of esters is 1. The Morgan fingerprint density at radius 1 is 0.867 bits per heavy atom. The number of hydrogen-bond donors (Lipinski definition) is 1. The zero-order valence-corrected chi connectivity index (χ0v) is 17.1. The van der Waals surface area contributed by atoms with E-state index in [9.17, 15) is 4.79 Å². The van der Waals surface area contributed by atoms with Crippen LogP contribution in [0.4, 0.5) is 5.69 Å². The van der Waals surface area contributed by atoms with E-state index in [2.05, 4.69) is 22.7 Å². The molecule has 0 bridgehead atoms. The Balaban J connectivity index is 1.71. The number of hydrogen-bond acceptors (Lipinski definition) is 5. The number of benzene rings is 3. The number of anilines is 1. The number of aryl methyl sites for hydroxylation is 1. The maximum Gasteiger partial charge on any atom is 0.377 e. The van der Waals surface area contributed by atoms with Gasteiger partial charge in [-0.25, -0.2) is 9.80 Å². The molecule has 0 atom stereocenters. The number of ether oxygens (including phenoxy) is 1. The van der Waals surface area contributed by atoms with Crippen LogP contribution < -0.4 is 5.43 Å². The van der Waals surface area contributed by atoms with Gasteiger partial charge in [-0.15, -0.1) is 5.10 Å². The number of fused-ring (bicyclic) bond motifs is 3. The first-order chi connectivity index (χ1) is 14.6. The molecule has 6 nitrogen and oxygen atoms in total. The van der Waals surface area contributed by atoms with Gasteiger partial charge in [0.1, 0.15) is 0 Å². The van der Waals surface area contributed by atoms with Crippen molar-refractivity contribution in [1.82, 2.24) is 5.01 Å². The molecule has 1 N–H and O–H groups in total. The van der Waals surface area contributed by atoms with Crippen molar-refractivity contribution in [3.8, 4) is 11.1 Å². The summed E-state index contributed by atoms with van der Waals surface area (Å²) in [5, 5.41) is 10.4. The fraction of sp³-hybridized carbons (Fsp3) is 0.125. The van der Waals surface area contributed by atoms with Crippen LogP contribution in [0.3, 0.4) is 0 Å². The maximum atomic E-state index is 12.4. The molecule has 150 valence electrons. The highest BCUT2D eigenvalue weighted by molar-refractivity contribution is 6.35. The van der Waals surface area contributed by atoms with Gasteiger partial charge >= 0.3 is 5.97 Å². The number of nitrogens with one attached hydrogen (secondary N) is 1. The number of likely N-dealkylation sites (N-methyl/N-ethyl adjacent to an activating group) is 1. The minimum atomic E-state index is -0.582. The van der Waals surface area contributed by atoms with Gasteiger partial charge in [0, 0.05) is 18.2 Å². The summed E-state index contributed by atoms with van der Waals surface area (Å²) < 4.78 is 4.92. The standard InChI is InChI=1S/C24H22N4O2/c1-16-12-14-17(15-13-16)25-26-23(24(29)30-3)28(2)27-22-20-10-6-4-8-18(20)19-9-5-7-11-21(19)22/h4-15,25H,1-3H3/b26-23-. The minimum Gasteiger partial charge on any atom is -0.463 e. The number of amidine groups is 1. The van der Waals surface area contributed by atoms with E-state index in [0.717, 1.165) is 39.2 Å². The summed E-state index contributed by atoms with van der Waals surface area (Å²) in [5.74, 6) is -0.534. The van der Waals surface area contributed by atoms with Crippen LogP contribution in [-0.2, 0) is 9.53 Å². The first kappa shape index (κ1) is 19.4. The molecule has 0 spiro atoms. The average Bonchev–Trinajstić information content (AvgIpc) is 3.09. The predicted molar refractivity (Wildman–Crippen MR) is 120 cm³/mol. The Kier molecular flexibility index (Phi) is 5.30. The van der Waals surface area contributed by atoms with Crippen molar-refractivity contribution in [3.05, 3.63) is 89.5 Å². The molecule has 3 aromatic rings. The van der Waals surface area contributed by atoms with Crippen molar-refractivity contribution in [2.45, 2.75) is 6.92 Å². The van der Waals surface area contributed by atoms with Crippen molar-refractivity contribution in [3.63, 3.8) is 0 Å². The highest BCUT2D eigenvalue weighted by Crippen LogP contribution is 2.36. The quantitative estimate of drug-likeness (QED) is 0.242. The Hall–Kier alpha value is -3.93. The van der Waals surface area contributed by atoms with E-state index >= 15 is 0 Å². The summed E-state index contributed by atoms with van der Waals surface area (Å²) in [5.41, 5.74) is 9.87. The van der Waals surface area contributed by atoms with Gasteiger partial charge in [-0.05, 0) is 30.2 Å². The second-order valence-corrected chi connectivity index (χ2v) is 6.97. The first-order valence-corrected chi connectivity index (χ1v) is 9.58. The Labute approximate surface area is 175 Å². The molecule has 4 rings (SSSR count). The largest absolute Gasteiger partial charge is 0.463 e. The molecule has 3 aromatic carbocycles. The summed E-state index contributed by atoms with van der Waals surface area (Å²) in [6.07, 6.45) is 0. The van der Waals surface area contributed by atoms with Gasteiger partial charge in [-0.1, -0.05) is 66.2 Å². The Morgan fingerprint density at radius 2 is 1.40 bits per heavy atom. The van der Waals surface area contributed by atoms with Gasteiger partial charge in [-0.2, -0.15) is 5.10 Å². The molecule has 0 saturated heterocycles. The number of rotatable bonds is 3. The smallest absolute Gasteiger partial charge is 0.377 e. The minimum absolute atomic E-state index is 0.0486. The van der Waals surface area contributed by atoms with Gasteiger partial charge in [-0.3, -0.25) is 5.43 Å². The van der Waals surface area contributed by atoms with Crippen LogP contribution in [0, 0.1) is 6.92 Å². The fourth-order valence-corrected chi connectivity index (χ4v) is 3.39. The van der Waals surface area contributed by atoms with E-state index in [0.29, 0.717) is 0 Å². The number of methoxy groups -OCH3 is 1. The number of carbonyl (C=O) groups excluding carboxylic acids is 1. The molecule has 0 aromatic heterocycles. The molecular weight excluding hydrogens is 376 g/mol. The molecule has 1 aliphatic carbocycles. The van der Waals surface area contributed by atoms with Gasteiger partial charge < -0.3 is 4.74 Å². The van der Waals surface area contributed by atoms with Crippen molar-refractivity contribution in [2.24, 2.45) is 10.2 Å². The predicted octanol–water partition coefficient (Wildman–Crippen LogP) is 4.26. The summed E-state index contributed by atoms with van der Waals surface area (Å²) in [4.78, 5) is 12.4. The molecule has 0 fully saturated rings. The Morgan fingerprint density at radius 3 is 1.93 bits per heavy atom. The third kappa shape index (κ3) is 3.67. The SMILES string of the molecule is COC(=O)/C(=N/Nc1ccc(C)cc1)N(C)N=C1c2ccccc2-c2ccccc21. The van der Waals surface area contributed by atoms with Gasteiger partial charge in [0.25, 0.3) is 5.84 Å². The van der Waals surface area contributed by atoms with E-state index in [-0.39, 0.29) is 5.84 Å². The van der Waals surface area contributed by atoms with Gasteiger partial charge in [0.05, 0.1) is 18.5 Å². The van der Waals surface area contributed by atoms with Crippen LogP contribution >= 0.6 is 0 Å². The van der Waals surface area contributed by atoms with Gasteiger partial charge in [0.2, 0.25) is 0 Å². The monoisotopic (exact) mass is 398 g/mol. The fourth-order valence-electron chi connectivity index (χ4n) is 3.39. The highest BCUT2D eigenvalue weighted by atomic mass is 16.5. The second-order valence-electron chi connectivity index (χ2n) is 6.97. The van der Waals surface area contributed by atoms with E-state index in [1.54, 1.807) is 7.05 Å². The summed E-state index contributed by atoms with van der Waals surface area (Å²) >= 11 is 0. The summed E-state index contributed by atoms with van der Waals surface area (Å²) in [6, 6.07) is 23.9. The Bertz CT molecular complexity index is 1100. The van der Waals surface area contributed by atoms with Crippen LogP contribution in [0.25, 0.3) is 11.1 Å². The average molecular weight is 398 g/mol. The van der Waals surface area contributed by atoms with Crippen LogP contribution in [0.1, 0.15) is 16.7 Å². The summed E-state index contributed by atoms with van der Waals surface area (Å²) in [7, 11) is 3.01. The maximum absolute atomic E-state index is 12.4. The van der Waals surface area contributed by atoms with E-state index in [1.807, 2.05) is 67.6 Å². The van der Waals surface area contributed by atoms with Crippen LogP contribution in [0.5, 0.6) is 0 Å². The second kappa shape index (κ2) is 8.21. The third-order valence-corrected chi connectivity index (χ3v) is 4.92. The van der Waals surface area contributed by atoms with Gasteiger partial charge in [0.15, 0.2) is 0 Å². The topological polar surface area (TPSA) is 66.3 Å². The molecule has 30 heavy (non-hydrogen) atoms. The normalized spacial score (nSPS) is 12.1. The molecule has 6 heteroatoms. The summed E-state index contributed by atoms with van der Waals surface area (Å²) in [6.45, 7) is 2.01. The van der Waals surface area contributed by atoms with Crippen molar-refractivity contribution < 1.29 is 9.53 Å². The van der Waals surface area contributed by atoms with Crippen LogP contribution in [0.2, 0.25) is 0 Å². The zero-order valence-electron chi connectivity index (χ0n) is 17.1. The molecule has 1 aliphatic rings. The molecule has 0 aliphatic heterocycles. The first-order valence-electron chi connectivity index (χ1n) is 9.58. The van der Waals surface area contributed by atoms with E-state index in [1.165, 1.54) is 12.1 Å². The zero-order chi connectivity index (χ0) is 21.1. The number of carbonyl (C=O) groups is 1. The van der Waals surface area contributed by atoms with Crippen LogP contribution in [0.15, 0.2) is 83.0 Å². The lowest BCUT2D eigenvalue weighted by atomic mass is 10.1. The van der Waals surface area contributed by atoms with E-state index < -0.39 is 5.97 Å². The molecule has 0 amide bonds. The third-order valence-electron chi connectivity index (χ3n) is 4.92. The molecule has 0 heterocycles. The number of nitrogens with zero attached hydrogens (tertiary/aromatic N) is 3. The lowest BCUT2D eigenvalue weighted by Gasteiger charge is -2.16. The van der Waals surface area contributed by atoms with E-state index in [4.69, 9.17) is 9.84 Å². The van der Waals surface area contributed by atoms with Crippen molar-refractivity contribution >= 4 is 23.2 Å². The van der Waals surface area contributed by atoms with Crippen molar-refractivity contribution in [1.29, 1.82) is 0 Å². The molecular formula is C24H22N4O2. The number of hydrazone groups is 2. The van der Waals surface area contributed by atoms with Crippen LogP contribution in [-0.4, -0.2) is 36.7 Å². The molecule has 0 radical (unpaired) electrons. The molecule has 0 saturated carbocycles. The van der Waals surface area contributed by atoms with Crippen molar-refractivity contribution in [2.75, 3.05) is 19.6 Å². The lowest BCUT2D eigenvalue weighted by Crippen LogP contribution is -2.32.